The number of ether oxygens (including phenoxy) is 1. The topological polar surface area (TPSA) is 52.3 Å². The van der Waals surface area contributed by atoms with Gasteiger partial charge < -0.3 is 10.5 Å². The average molecular weight is 205 g/mol. The Morgan fingerprint density at radius 3 is 2.62 bits per heavy atom. The summed E-state index contributed by atoms with van der Waals surface area (Å²) < 4.78 is 4.52. The molecule has 0 saturated heterocycles. The van der Waals surface area contributed by atoms with Crippen LogP contribution in [-0.4, -0.2) is 30.1 Å². The van der Waals surface area contributed by atoms with Gasteiger partial charge in [-0.25, -0.2) is 0 Å². The molecule has 2 N–H and O–H groups in total. The summed E-state index contributed by atoms with van der Waals surface area (Å²) in [7, 11) is 1.42. The summed E-state index contributed by atoms with van der Waals surface area (Å²) in [4.78, 5) is 10.7. The van der Waals surface area contributed by atoms with Gasteiger partial charge in [-0.2, -0.15) is 11.8 Å². The Kier molecular flexibility index (Phi) is 6.16. The van der Waals surface area contributed by atoms with Crippen molar-refractivity contribution in [3.63, 3.8) is 0 Å². The van der Waals surface area contributed by atoms with E-state index in [9.17, 15) is 4.79 Å². The molecule has 0 amide bonds. The molecule has 4 heteroatoms. The van der Waals surface area contributed by atoms with Gasteiger partial charge in [0.05, 0.1) is 7.11 Å². The molecule has 0 heterocycles. The van der Waals surface area contributed by atoms with E-state index >= 15 is 0 Å². The third kappa shape index (κ3) is 9.70. The van der Waals surface area contributed by atoms with Crippen molar-refractivity contribution < 1.29 is 9.53 Å². The van der Waals surface area contributed by atoms with Gasteiger partial charge in [0.1, 0.15) is 0 Å². The zero-order chi connectivity index (χ0) is 10.3. The van der Waals surface area contributed by atoms with E-state index in [4.69, 9.17) is 5.73 Å². The van der Waals surface area contributed by atoms with Crippen LogP contribution in [0.15, 0.2) is 0 Å². The van der Waals surface area contributed by atoms with Crippen LogP contribution in [0.25, 0.3) is 0 Å². The number of methoxy groups -OCH3 is 1. The molecular formula is C9H19NO2S. The van der Waals surface area contributed by atoms with Crippen molar-refractivity contribution >= 4 is 17.7 Å². The van der Waals surface area contributed by atoms with Crippen molar-refractivity contribution in [2.75, 3.05) is 18.6 Å². The summed E-state index contributed by atoms with van der Waals surface area (Å²) in [5, 5.41) is 0. The van der Waals surface area contributed by atoms with Gasteiger partial charge in [-0.15, -0.1) is 0 Å². The second-order valence-electron chi connectivity index (χ2n) is 3.72. The van der Waals surface area contributed by atoms with Crippen LogP contribution in [0.1, 0.15) is 26.7 Å². The molecule has 0 aliphatic heterocycles. The molecule has 0 saturated carbocycles. The van der Waals surface area contributed by atoms with Gasteiger partial charge in [0.2, 0.25) is 0 Å². The van der Waals surface area contributed by atoms with E-state index in [0.29, 0.717) is 6.42 Å². The van der Waals surface area contributed by atoms with E-state index in [1.165, 1.54) is 7.11 Å². The van der Waals surface area contributed by atoms with Gasteiger partial charge in [-0.1, -0.05) is 0 Å². The lowest BCUT2D eigenvalue weighted by molar-refractivity contribution is -0.140. The first-order chi connectivity index (χ1) is 5.95. The Balaban J connectivity index is 3.22. The predicted octanol–water partition coefficient (Wildman–Crippen LogP) is 1.41. The molecule has 0 radical (unpaired) electrons. The molecule has 0 aromatic carbocycles. The Labute approximate surface area is 84.4 Å². The van der Waals surface area contributed by atoms with E-state index in [-0.39, 0.29) is 11.5 Å². The van der Waals surface area contributed by atoms with Crippen molar-refractivity contribution in [2.45, 2.75) is 32.2 Å². The van der Waals surface area contributed by atoms with Gasteiger partial charge in [0.25, 0.3) is 0 Å². The van der Waals surface area contributed by atoms with Gasteiger partial charge in [0.15, 0.2) is 0 Å². The van der Waals surface area contributed by atoms with E-state index < -0.39 is 0 Å². The number of hydrogen-bond acceptors (Lipinski definition) is 4. The van der Waals surface area contributed by atoms with Crippen LogP contribution in [0.5, 0.6) is 0 Å². The molecule has 0 rings (SSSR count). The minimum Gasteiger partial charge on any atom is -0.469 e. The normalized spacial score (nSPS) is 11.4. The summed E-state index contributed by atoms with van der Waals surface area (Å²) in [5.74, 6) is 1.76. The fourth-order valence-electron chi connectivity index (χ4n) is 0.756. The number of rotatable bonds is 6. The van der Waals surface area contributed by atoms with E-state index in [0.717, 1.165) is 17.9 Å². The lowest BCUT2D eigenvalue weighted by Gasteiger charge is -2.17. The van der Waals surface area contributed by atoms with Crippen LogP contribution in [0.4, 0.5) is 0 Å². The molecule has 0 bridgehead atoms. The van der Waals surface area contributed by atoms with Crippen LogP contribution >= 0.6 is 11.8 Å². The molecule has 0 aromatic rings. The molecule has 0 fully saturated rings. The third-order valence-corrected chi connectivity index (χ3v) is 2.90. The fraction of sp³-hybridized carbons (Fsp3) is 0.889. The maximum atomic E-state index is 10.7. The van der Waals surface area contributed by atoms with E-state index in [1.54, 1.807) is 11.8 Å². The van der Waals surface area contributed by atoms with Gasteiger partial charge in [-0.3, -0.25) is 4.79 Å². The second kappa shape index (κ2) is 6.27. The monoisotopic (exact) mass is 205 g/mol. The maximum absolute atomic E-state index is 10.7. The quantitative estimate of drug-likeness (QED) is 0.526. The summed E-state index contributed by atoms with van der Waals surface area (Å²) in [6.45, 7) is 4.00. The lowest BCUT2D eigenvalue weighted by Crippen LogP contribution is -2.34. The number of thioether (sulfide) groups is 1. The Bertz CT molecular complexity index is 154. The van der Waals surface area contributed by atoms with Gasteiger partial charge in [-0.05, 0) is 26.0 Å². The lowest BCUT2D eigenvalue weighted by atomic mass is 10.1. The highest BCUT2D eigenvalue weighted by Gasteiger charge is 2.09. The first kappa shape index (κ1) is 12.8. The number of nitrogens with two attached hydrogens (primary N) is 1. The summed E-state index contributed by atoms with van der Waals surface area (Å²) >= 11 is 1.78. The first-order valence-corrected chi connectivity index (χ1v) is 5.54. The van der Waals surface area contributed by atoms with Crippen molar-refractivity contribution in [1.82, 2.24) is 0 Å². The maximum Gasteiger partial charge on any atom is 0.305 e. The third-order valence-electron chi connectivity index (χ3n) is 1.37. The largest absolute Gasteiger partial charge is 0.469 e. The zero-order valence-corrected chi connectivity index (χ0v) is 9.45. The molecule has 78 valence electrons. The molecule has 0 unspecified atom stereocenters. The smallest absolute Gasteiger partial charge is 0.305 e. The predicted molar refractivity (Wildman–Crippen MR) is 56.8 cm³/mol. The molecule has 0 aliphatic rings. The minimum atomic E-state index is -0.132. The Morgan fingerprint density at radius 2 is 2.15 bits per heavy atom. The number of carbonyl (C=O) groups is 1. The van der Waals surface area contributed by atoms with E-state index in [1.807, 2.05) is 13.8 Å². The molecule has 13 heavy (non-hydrogen) atoms. The number of esters is 1. The Morgan fingerprint density at radius 1 is 1.54 bits per heavy atom. The van der Waals surface area contributed by atoms with Crippen LogP contribution in [0.2, 0.25) is 0 Å². The molecule has 0 aromatic heterocycles. The summed E-state index contributed by atoms with van der Waals surface area (Å²) in [5.41, 5.74) is 5.68. The first-order valence-electron chi connectivity index (χ1n) is 4.39. The van der Waals surface area contributed by atoms with Crippen molar-refractivity contribution in [3.8, 4) is 0 Å². The van der Waals surface area contributed by atoms with Crippen molar-refractivity contribution in [3.05, 3.63) is 0 Å². The molecule has 0 spiro atoms. The van der Waals surface area contributed by atoms with Crippen molar-refractivity contribution in [2.24, 2.45) is 5.73 Å². The molecule has 0 aliphatic carbocycles. The van der Waals surface area contributed by atoms with Crippen LogP contribution in [0.3, 0.4) is 0 Å². The standard InChI is InChI=1S/C9H19NO2S/c1-9(2,10)7-13-6-4-5-8(11)12-3/h4-7,10H2,1-3H3. The molecule has 3 nitrogen and oxygen atoms in total. The fourth-order valence-corrected chi connectivity index (χ4v) is 1.77. The van der Waals surface area contributed by atoms with Crippen LogP contribution < -0.4 is 5.73 Å². The Hall–Kier alpha value is -0.220. The van der Waals surface area contributed by atoms with Crippen LogP contribution in [-0.2, 0) is 9.53 Å². The van der Waals surface area contributed by atoms with Gasteiger partial charge in [0, 0.05) is 17.7 Å². The number of hydrogen-bond donors (Lipinski definition) is 1. The van der Waals surface area contributed by atoms with Crippen molar-refractivity contribution in [1.29, 1.82) is 0 Å². The summed E-state index contributed by atoms with van der Waals surface area (Å²) in [6, 6.07) is 0. The highest BCUT2D eigenvalue weighted by molar-refractivity contribution is 7.99. The van der Waals surface area contributed by atoms with Crippen LogP contribution in [0, 0.1) is 0 Å². The van der Waals surface area contributed by atoms with E-state index in [2.05, 4.69) is 4.74 Å². The molecular weight excluding hydrogens is 186 g/mol. The highest BCUT2D eigenvalue weighted by Crippen LogP contribution is 2.11. The SMILES string of the molecule is COC(=O)CCCSCC(C)(C)N. The highest BCUT2D eigenvalue weighted by atomic mass is 32.2. The summed E-state index contributed by atoms with van der Waals surface area (Å²) in [6.07, 6.45) is 1.38. The van der Waals surface area contributed by atoms with Gasteiger partial charge >= 0.3 is 5.97 Å². The number of carbonyl (C=O) groups excluding carboxylic acids is 1. The second-order valence-corrected chi connectivity index (χ2v) is 4.83. The average Bonchev–Trinajstić information content (AvgIpc) is 2.01. The molecule has 0 atom stereocenters. The minimum absolute atomic E-state index is 0.115. The zero-order valence-electron chi connectivity index (χ0n) is 8.63.